The van der Waals surface area contributed by atoms with Gasteiger partial charge in [-0.3, -0.25) is 10.2 Å². The lowest BCUT2D eigenvalue weighted by Gasteiger charge is -2.12. The first-order chi connectivity index (χ1) is 9.99. The lowest BCUT2D eigenvalue weighted by atomic mass is 9.95. The maximum absolute atomic E-state index is 11.9. The SMILES string of the molecule is COC(=O)c1c(C)cc2c(CC(=O)NN)nncc2c1C. The monoisotopic (exact) mass is 288 g/mol. The van der Waals surface area contributed by atoms with Gasteiger partial charge in [0.2, 0.25) is 5.91 Å². The van der Waals surface area contributed by atoms with Crippen molar-refractivity contribution in [3.05, 3.63) is 34.6 Å². The van der Waals surface area contributed by atoms with Crippen LogP contribution in [0.15, 0.2) is 12.3 Å². The minimum Gasteiger partial charge on any atom is -0.465 e. The number of ether oxygens (including phenoxy) is 1. The van der Waals surface area contributed by atoms with Crippen molar-refractivity contribution in [2.24, 2.45) is 5.84 Å². The van der Waals surface area contributed by atoms with Crippen molar-refractivity contribution in [1.82, 2.24) is 15.6 Å². The van der Waals surface area contributed by atoms with E-state index in [9.17, 15) is 9.59 Å². The van der Waals surface area contributed by atoms with Crippen LogP contribution < -0.4 is 11.3 Å². The van der Waals surface area contributed by atoms with Gasteiger partial charge in [0.1, 0.15) is 0 Å². The smallest absolute Gasteiger partial charge is 0.338 e. The number of aromatic nitrogens is 2. The second kappa shape index (κ2) is 5.84. The molecular weight excluding hydrogens is 272 g/mol. The van der Waals surface area contributed by atoms with Gasteiger partial charge in [0.15, 0.2) is 0 Å². The molecule has 7 nitrogen and oxygen atoms in total. The van der Waals surface area contributed by atoms with Crippen LogP contribution in [0.25, 0.3) is 10.8 Å². The summed E-state index contributed by atoms with van der Waals surface area (Å²) in [6, 6.07) is 1.81. The normalized spacial score (nSPS) is 10.5. The minimum atomic E-state index is -0.398. The Bertz CT molecular complexity index is 728. The first-order valence-corrected chi connectivity index (χ1v) is 6.31. The number of nitrogens with zero attached hydrogens (tertiary/aromatic N) is 2. The molecule has 0 spiro atoms. The highest BCUT2D eigenvalue weighted by atomic mass is 16.5. The number of hydrogen-bond acceptors (Lipinski definition) is 6. The second-order valence-corrected chi connectivity index (χ2v) is 4.68. The van der Waals surface area contributed by atoms with Gasteiger partial charge in [-0.05, 0) is 31.0 Å². The molecule has 2 aromatic rings. The van der Waals surface area contributed by atoms with Crippen LogP contribution in [-0.2, 0) is 16.0 Å². The van der Waals surface area contributed by atoms with E-state index in [-0.39, 0.29) is 12.3 Å². The number of aryl methyl sites for hydroxylation is 2. The Morgan fingerprint density at radius 3 is 2.67 bits per heavy atom. The first kappa shape index (κ1) is 14.9. The van der Waals surface area contributed by atoms with Crippen molar-refractivity contribution in [3.8, 4) is 0 Å². The maximum atomic E-state index is 11.9. The van der Waals surface area contributed by atoms with Crippen molar-refractivity contribution in [2.45, 2.75) is 20.3 Å². The Balaban J connectivity index is 2.68. The van der Waals surface area contributed by atoms with Gasteiger partial charge < -0.3 is 4.74 Å². The summed E-state index contributed by atoms with van der Waals surface area (Å²) in [5, 5.41) is 9.42. The summed E-state index contributed by atoms with van der Waals surface area (Å²) in [7, 11) is 1.34. The lowest BCUT2D eigenvalue weighted by Crippen LogP contribution is -2.31. The average molecular weight is 288 g/mol. The van der Waals surface area contributed by atoms with E-state index < -0.39 is 5.97 Å². The first-order valence-electron chi connectivity index (χ1n) is 6.31. The van der Waals surface area contributed by atoms with E-state index in [1.165, 1.54) is 7.11 Å². The number of nitrogens with two attached hydrogens (primary N) is 1. The summed E-state index contributed by atoms with van der Waals surface area (Å²) in [5.41, 5.74) is 4.59. The van der Waals surface area contributed by atoms with Crippen LogP contribution in [0.3, 0.4) is 0 Å². The molecule has 1 aromatic carbocycles. The molecular formula is C14H16N4O3. The van der Waals surface area contributed by atoms with Crippen molar-refractivity contribution < 1.29 is 14.3 Å². The molecule has 7 heteroatoms. The van der Waals surface area contributed by atoms with Gasteiger partial charge >= 0.3 is 5.97 Å². The molecule has 2 rings (SSSR count). The third-order valence-electron chi connectivity index (χ3n) is 3.38. The second-order valence-electron chi connectivity index (χ2n) is 4.68. The van der Waals surface area contributed by atoms with E-state index in [4.69, 9.17) is 10.6 Å². The van der Waals surface area contributed by atoms with Crippen molar-refractivity contribution in [3.63, 3.8) is 0 Å². The fourth-order valence-corrected chi connectivity index (χ4v) is 2.36. The number of esters is 1. The zero-order valence-corrected chi connectivity index (χ0v) is 12.1. The molecule has 1 heterocycles. The fourth-order valence-electron chi connectivity index (χ4n) is 2.36. The summed E-state index contributed by atoms with van der Waals surface area (Å²) < 4.78 is 4.80. The van der Waals surface area contributed by atoms with Gasteiger partial charge in [-0.1, -0.05) is 0 Å². The van der Waals surface area contributed by atoms with Gasteiger partial charge in [-0.2, -0.15) is 10.2 Å². The number of hydrazine groups is 1. The van der Waals surface area contributed by atoms with Crippen LogP contribution in [-0.4, -0.2) is 29.2 Å². The number of methoxy groups -OCH3 is 1. The Hall–Kier alpha value is -2.54. The molecule has 0 saturated heterocycles. The van der Waals surface area contributed by atoms with Crippen LogP contribution in [0, 0.1) is 13.8 Å². The Morgan fingerprint density at radius 2 is 2.05 bits per heavy atom. The quantitative estimate of drug-likeness (QED) is 0.370. The highest BCUT2D eigenvalue weighted by Crippen LogP contribution is 2.27. The van der Waals surface area contributed by atoms with Crippen LogP contribution in [0.1, 0.15) is 27.2 Å². The standard InChI is InChI=1S/C14H16N4O3/c1-7-4-9-10(8(2)13(7)14(20)21-3)6-16-18-11(9)5-12(19)17-15/h4,6H,5,15H2,1-3H3,(H,17,19). The molecule has 21 heavy (non-hydrogen) atoms. The van der Waals surface area contributed by atoms with Crippen molar-refractivity contribution in [1.29, 1.82) is 0 Å². The summed E-state index contributed by atoms with van der Waals surface area (Å²) in [5.74, 6) is 4.34. The average Bonchev–Trinajstić information content (AvgIpc) is 2.47. The van der Waals surface area contributed by atoms with Crippen LogP contribution in [0.4, 0.5) is 0 Å². The van der Waals surface area contributed by atoms with Gasteiger partial charge in [0.05, 0.1) is 31.0 Å². The Labute approximate surface area is 121 Å². The van der Waals surface area contributed by atoms with Crippen LogP contribution in [0.5, 0.6) is 0 Å². The maximum Gasteiger partial charge on any atom is 0.338 e. The Kier molecular flexibility index (Phi) is 4.13. The summed E-state index contributed by atoms with van der Waals surface area (Å²) >= 11 is 0. The predicted octanol–water partition coefficient (Wildman–Crippen LogP) is 0.566. The molecule has 1 amide bonds. The molecule has 0 aliphatic heterocycles. The molecule has 3 N–H and O–H groups in total. The number of carbonyl (C=O) groups is 2. The molecule has 0 unspecified atom stereocenters. The molecule has 0 aliphatic carbocycles. The van der Waals surface area contributed by atoms with E-state index in [0.29, 0.717) is 11.3 Å². The Morgan fingerprint density at radius 1 is 1.33 bits per heavy atom. The van der Waals surface area contributed by atoms with Gasteiger partial charge in [-0.15, -0.1) is 0 Å². The fraction of sp³-hybridized carbons (Fsp3) is 0.286. The number of amides is 1. The third-order valence-corrected chi connectivity index (χ3v) is 3.38. The predicted molar refractivity (Wildman–Crippen MR) is 76.4 cm³/mol. The zero-order valence-electron chi connectivity index (χ0n) is 12.1. The molecule has 0 bridgehead atoms. The summed E-state index contributed by atoms with van der Waals surface area (Å²) in [6.45, 7) is 3.63. The van der Waals surface area contributed by atoms with Crippen molar-refractivity contribution >= 4 is 22.6 Å². The van der Waals surface area contributed by atoms with E-state index in [1.54, 1.807) is 6.20 Å². The van der Waals surface area contributed by atoms with Crippen LogP contribution >= 0.6 is 0 Å². The number of benzene rings is 1. The number of fused-ring (bicyclic) bond motifs is 1. The highest BCUT2D eigenvalue weighted by Gasteiger charge is 2.18. The number of rotatable bonds is 3. The number of nitrogens with one attached hydrogen (secondary N) is 1. The van der Waals surface area contributed by atoms with Crippen molar-refractivity contribution in [2.75, 3.05) is 7.11 Å². The molecule has 0 atom stereocenters. The molecule has 1 aromatic heterocycles. The topological polar surface area (TPSA) is 107 Å². The van der Waals surface area contributed by atoms with Gasteiger partial charge in [-0.25, -0.2) is 10.6 Å². The molecule has 0 saturated carbocycles. The van der Waals surface area contributed by atoms with Gasteiger partial charge in [0.25, 0.3) is 0 Å². The molecule has 0 fully saturated rings. The van der Waals surface area contributed by atoms with Gasteiger partial charge in [0, 0.05) is 10.8 Å². The number of hydrogen-bond donors (Lipinski definition) is 2. The van der Waals surface area contributed by atoms with E-state index in [2.05, 4.69) is 15.6 Å². The third kappa shape index (κ3) is 2.68. The zero-order chi connectivity index (χ0) is 15.6. The highest BCUT2D eigenvalue weighted by molar-refractivity contribution is 6.01. The van der Waals surface area contributed by atoms with E-state index in [1.807, 2.05) is 19.9 Å². The summed E-state index contributed by atoms with van der Waals surface area (Å²) in [4.78, 5) is 23.3. The number of carbonyl (C=O) groups excluding carboxylic acids is 2. The molecule has 0 radical (unpaired) electrons. The largest absolute Gasteiger partial charge is 0.465 e. The molecule has 0 aliphatic rings. The van der Waals surface area contributed by atoms with E-state index in [0.717, 1.165) is 21.9 Å². The summed E-state index contributed by atoms with van der Waals surface area (Å²) in [6.07, 6.45) is 1.59. The molecule has 110 valence electrons. The minimum absolute atomic E-state index is 0.0251. The van der Waals surface area contributed by atoms with E-state index >= 15 is 0 Å². The van der Waals surface area contributed by atoms with Crippen LogP contribution in [0.2, 0.25) is 0 Å². The lowest BCUT2D eigenvalue weighted by molar-refractivity contribution is -0.120.